The van der Waals surface area contributed by atoms with Crippen LogP contribution in [-0.2, 0) is 41.1 Å². The fourth-order valence-electron chi connectivity index (χ4n) is 3.26. The van der Waals surface area contributed by atoms with Crippen molar-refractivity contribution in [2.45, 2.75) is 50.3 Å². The van der Waals surface area contributed by atoms with Crippen LogP contribution in [0.25, 0.3) is 0 Å². The van der Waals surface area contributed by atoms with Gasteiger partial charge < -0.3 is 29.2 Å². The average Bonchev–Trinajstić information content (AvgIpc) is 2.67. The highest BCUT2D eigenvalue weighted by Gasteiger charge is 2.53. The molecule has 0 radical (unpaired) electrons. The number of esters is 1. The van der Waals surface area contributed by atoms with Crippen molar-refractivity contribution >= 4 is 16.8 Å². The maximum Gasteiger partial charge on any atom is 0.350 e. The van der Waals surface area contributed by atoms with Crippen molar-refractivity contribution in [2.24, 2.45) is 0 Å². The third kappa shape index (κ3) is 4.13. The zero-order valence-electron chi connectivity index (χ0n) is 15.6. The predicted molar refractivity (Wildman–Crippen MR) is 99.1 cm³/mol. The van der Waals surface area contributed by atoms with Gasteiger partial charge in [-0.15, -0.1) is 0 Å². The lowest BCUT2D eigenvalue weighted by Gasteiger charge is -2.45. The number of fused-ring (bicyclic) bond motifs is 1. The molecule has 9 heteroatoms. The molecule has 0 saturated carbocycles. The molecule has 0 aliphatic carbocycles. The Bertz CT molecular complexity index is 750. The van der Waals surface area contributed by atoms with Crippen LogP contribution in [0.3, 0.4) is 0 Å². The second-order valence-corrected chi connectivity index (χ2v) is 8.01. The van der Waals surface area contributed by atoms with Crippen LogP contribution in [0.1, 0.15) is 19.4 Å². The second-order valence-electron chi connectivity index (χ2n) is 6.46. The van der Waals surface area contributed by atoms with Crippen molar-refractivity contribution in [3.63, 3.8) is 0 Å². The molecule has 8 nitrogen and oxygen atoms in total. The summed E-state index contributed by atoms with van der Waals surface area (Å²) in [6.45, 7) is 3.01. The van der Waals surface area contributed by atoms with Crippen molar-refractivity contribution < 1.29 is 38.2 Å². The molecule has 0 bridgehead atoms. The normalized spacial score (nSPS) is 32.4. The third-order valence-electron chi connectivity index (χ3n) is 4.60. The second kappa shape index (κ2) is 9.15. The highest BCUT2D eigenvalue weighted by molar-refractivity contribution is 7.90. The molecule has 154 valence electrons. The molecule has 28 heavy (non-hydrogen) atoms. The Balaban J connectivity index is 1.81. The Labute approximate surface area is 165 Å². The smallest absolute Gasteiger partial charge is 0.350 e. The van der Waals surface area contributed by atoms with E-state index in [-0.39, 0.29) is 23.9 Å². The van der Waals surface area contributed by atoms with Crippen molar-refractivity contribution in [2.75, 3.05) is 13.2 Å². The molecule has 0 amide bonds. The van der Waals surface area contributed by atoms with Gasteiger partial charge in [-0.1, -0.05) is 30.3 Å². The van der Waals surface area contributed by atoms with Crippen LogP contribution in [0.2, 0.25) is 0 Å². The van der Waals surface area contributed by atoms with Gasteiger partial charge in [-0.05, 0) is 19.4 Å². The Morgan fingerprint density at radius 3 is 2.64 bits per heavy atom. The number of aliphatic hydroxyl groups is 2. The largest absolute Gasteiger partial charge is 0.467 e. The molecule has 2 aliphatic rings. The molecule has 1 fully saturated rings. The summed E-state index contributed by atoms with van der Waals surface area (Å²) in [5.41, 5.74) is 0.873. The van der Waals surface area contributed by atoms with Gasteiger partial charge in [-0.2, -0.15) is 0 Å². The summed E-state index contributed by atoms with van der Waals surface area (Å²) < 4.78 is 35.1. The molecule has 0 aromatic heterocycles. The standard InChI is InChI=1S/C19H24O8S/c1-3-24-18(22)16-11(2)26-19-17(28(16)23)14(21)15(13(9-20)27-19)25-10-12-7-5-4-6-8-12/h4-8,13-15,17,19-21H,3,9-10H2,1-2H3. The molecular formula is C19H24O8S. The van der Waals surface area contributed by atoms with E-state index in [0.29, 0.717) is 0 Å². The van der Waals surface area contributed by atoms with Gasteiger partial charge in [0.05, 0.1) is 30.6 Å². The maximum absolute atomic E-state index is 13.0. The summed E-state index contributed by atoms with van der Waals surface area (Å²) in [6, 6.07) is 9.31. The topological polar surface area (TPSA) is 112 Å². The van der Waals surface area contributed by atoms with Crippen LogP contribution in [0.5, 0.6) is 0 Å². The van der Waals surface area contributed by atoms with E-state index in [1.807, 2.05) is 30.3 Å². The van der Waals surface area contributed by atoms with Crippen LogP contribution in [-0.4, -0.2) is 63.5 Å². The Kier molecular flexibility index (Phi) is 6.84. The molecule has 6 atom stereocenters. The Hall–Kier alpha value is -1.78. The minimum atomic E-state index is -1.93. The van der Waals surface area contributed by atoms with Crippen LogP contribution < -0.4 is 0 Å². The minimum absolute atomic E-state index is 0.116. The van der Waals surface area contributed by atoms with E-state index in [4.69, 9.17) is 18.9 Å². The van der Waals surface area contributed by atoms with E-state index < -0.39 is 53.2 Å². The molecule has 6 unspecified atom stereocenters. The van der Waals surface area contributed by atoms with Gasteiger partial charge in [-0.25, -0.2) is 4.79 Å². The zero-order chi connectivity index (χ0) is 20.3. The first-order valence-electron chi connectivity index (χ1n) is 9.03. The van der Waals surface area contributed by atoms with Crippen molar-refractivity contribution in [3.8, 4) is 0 Å². The molecule has 1 saturated heterocycles. The van der Waals surface area contributed by atoms with Gasteiger partial charge >= 0.3 is 5.97 Å². The van der Waals surface area contributed by atoms with Crippen molar-refractivity contribution in [1.82, 2.24) is 0 Å². The average molecular weight is 412 g/mol. The molecule has 2 heterocycles. The van der Waals surface area contributed by atoms with Crippen LogP contribution in [0.15, 0.2) is 41.0 Å². The van der Waals surface area contributed by atoms with Crippen molar-refractivity contribution in [1.29, 1.82) is 0 Å². The van der Waals surface area contributed by atoms with E-state index in [1.165, 1.54) is 6.92 Å². The SMILES string of the molecule is CCOC(=O)C1=C(C)OC2OC(CO)C(OCc3ccccc3)C(O)C2S1=O. The van der Waals surface area contributed by atoms with Gasteiger partial charge in [0, 0.05) is 0 Å². The van der Waals surface area contributed by atoms with E-state index in [2.05, 4.69) is 0 Å². The van der Waals surface area contributed by atoms with Gasteiger partial charge in [0.2, 0.25) is 6.29 Å². The first-order chi connectivity index (χ1) is 13.5. The third-order valence-corrected chi connectivity index (χ3v) is 6.46. The lowest BCUT2D eigenvalue weighted by Crippen LogP contribution is -2.62. The summed E-state index contributed by atoms with van der Waals surface area (Å²) in [7, 11) is -1.93. The fraction of sp³-hybridized carbons (Fsp3) is 0.526. The van der Waals surface area contributed by atoms with Crippen LogP contribution in [0.4, 0.5) is 0 Å². The van der Waals surface area contributed by atoms with Crippen LogP contribution in [0, 0.1) is 0 Å². The molecule has 0 spiro atoms. The van der Waals surface area contributed by atoms with Crippen LogP contribution >= 0.6 is 0 Å². The number of hydrogen-bond donors (Lipinski definition) is 2. The lowest BCUT2D eigenvalue weighted by molar-refractivity contribution is -0.254. The van der Waals surface area contributed by atoms with Crippen molar-refractivity contribution in [3.05, 3.63) is 46.6 Å². The maximum atomic E-state index is 13.0. The number of allylic oxidation sites excluding steroid dienone is 1. The van der Waals surface area contributed by atoms with E-state index in [0.717, 1.165) is 5.56 Å². The zero-order valence-corrected chi connectivity index (χ0v) is 16.5. The molecule has 1 aromatic carbocycles. The number of aliphatic hydroxyl groups excluding tert-OH is 2. The highest BCUT2D eigenvalue weighted by Crippen LogP contribution is 2.36. The summed E-state index contributed by atoms with van der Waals surface area (Å²) in [6.07, 6.45) is -4.16. The summed E-state index contributed by atoms with van der Waals surface area (Å²) >= 11 is 0. The first-order valence-corrected chi connectivity index (χ1v) is 10.2. The van der Waals surface area contributed by atoms with E-state index in [9.17, 15) is 19.2 Å². The van der Waals surface area contributed by atoms with Gasteiger partial charge in [-0.3, -0.25) is 4.21 Å². The number of hydrogen-bond acceptors (Lipinski definition) is 8. The van der Waals surface area contributed by atoms with E-state index in [1.54, 1.807) is 6.92 Å². The Morgan fingerprint density at radius 2 is 2.00 bits per heavy atom. The minimum Gasteiger partial charge on any atom is -0.467 e. The Morgan fingerprint density at radius 1 is 1.29 bits per heavy atom. The number of benzene rings is 1. The number of carbonyl (C=O) groups is 1. The van der Waals surface area contributed by atoms with E-state index >= 15 is 0 Å². The summed E-state index contributed by atoms with van der Waals surface area (Å²) in [5, 5.41) is 19.5. The molecule has 3 rings (SSSR count). The van der Waals surface area contributed by atoms with Gasteiger partial charge in [0.15, 0.2) is 4.91 Å². The predicted octanol–water partition coefficient (Wildman–Crippen LogP) is 0.592. The number of ether oxygens (including phenoxy) is 4. The number of carbonyl (C=O) groups excluding carboxylic acids is 1. The van der Waals surface area contributed by atoms with Gasteiger partial charge in [0.1, 0.15) is 29.3 Å². The fourth-order valence-corrected chi connectivity index (χ4v) is 4.82. The number of rotatable bonds is 6. The lowest BCUT2D eigenvalue weighted by atomic mass is 10.0. The summed E-state index contributed by atoms with van der Waals surface area (Å²) in [4.78, 5) is 12.0. The molecular weight excluding hydrogens is 388 g/mol. The molecule has 2 aliphatic heterocycles. The molecule has 2 N–H and O–H groups in total. The first kappa shape index (κ1) is 20.9. The molecule has 1 aromatic rings. The van der Waals surface area contributed by atoms with Gasteiger partial charge in [0.25, 0.3) is 0 Å². The monoisotopic (exact) mass is 412 g/mol. The highest BCUT2D eigenvalue weighted by atomic mass is 32.2. The quantitative estimate of drug-likeness (QED) is 0.653. The summed E-state index contributed by atoms with van der Waals surface area (Å²) in [5.74, 6) is -0.638.